The van der Waals surface area contributed by atoms with Gasteiger partial charge in [-0.15, -0.1) is 0 Å². The second-order valence-electron chi connectivity index (χ2n) is 8.07. The fourth-order valence-corrected chi connectivity index (χ4v) is 3.85. The van der Waals surface area contributed by atoms with Gasteiger partial charge in [-0.3, -0.25) is 14.0 Å². The van der Waals surface area contributed by atoms with E-state index in [4.69, 9.17) is 9.72 Å². The van der Waals surface area contributed by atoms with E-state index < -0.39 is 17.7 Å². The van der Waals surface area contributed by atoms with Crippen molar-refractivity contribution in [3.63, 3.8) is 0 Å². The number of ether oxygens (including phenoxy) is 1. The molecule has 0 saturated carbocycles. The molecule has 0 aliphatic heterocycles. The lowest BCUT2D eigenvalue weighted by Crippen LogP contribution is -2.33. The minimum Gasteiger partial charge on any atom is -0.462 e. The molecule has 1 aromatic carbocycles. The van der Waals surface area contributed by atoms with E-state index in [-0.39, 0.29) is 34.2 Å². The summed E-state index contributed by atoms with van der Waals surface area (Å²) in [5, 5.41) is 0.209. The number of amides is 1. The Hall–Kier alpha value is -4.14. The summed E-state index contributed by atoms with van der Waals surface area (Å²) in [5.74, 6) is -1.85. The van der Waals surface area contributed by atoms with Crippen molar-refractivity contribution < 1.29 is 18.7 Å². The molecule has 4 aromatic rings. The number of fused-ring (bicyclic) bond motifs is 2. The second kappa shape index (κ2) is 10.0. The largest absolute Gasteiger partial charge is 0.462 e. The fraction of sp³-hybridized carbons (Fsp3) is 0.269. The van der Waals surface area contributed by atoms with E-state index in [0.717, 1.165) is 24.1 Å². The van der Waals surface area contributed by atoms with Crippen LogP contribution in [0.3, 0.4) is 0 Å². The SMILES string of the molecule is CCCCn1c(=NC(=O)c2ccc(F)cc2)c(C(=O)OCC)cc2c(=O)n3cccc(C)c3nc21. The van der Waals surface area contributed by atoms with Gasteiger partial charge in [0.05, 0.1) is 12.0 Å². The van der Waals surface area contributed by atoms with Gasteiger partial charge in [0.1, 0.15) is 22.7 Å². The highest BCUT2D eigenvalue weighted by molar-refractivity contribution is 5.97. The summed E-state index contributed by atoms with van der Waals surface area (Å²) < 4.78 is 21.6. The predicted octanol–water partition coefficient (Wildman–Crippen LogP) is 3.81. The van der Waals surface area contributed by atoms with Crippen molar-refractivity contribution in [1.82, 2.24) is 14.0 Å². The molecule has 0 aliphatic carbocycles. The van der Waals surface area contributed by atoms with Crippen molar-refractivity contribution >= 4 is 28.6 Å². The maximum absolute atomic E-state index is 13.4. The highest BCUT2D eigenvalue weighted by atomic mass is 19.1. The smallest absolute Gasteiger partial charge is 0.341 e. The Morgan fingerprint density at radius 2 is 1.86 bits per heavy atom. The average Bonchev–Trinajstić information content (AvgIpc) is 2.84. The first kappa shape index (κ1) is 24.0. The van der Waals surface area contributed by atoms with Gasteiger partial charge in [0, 0.05) is 18.3 Å². The predicted molar refractivity (Wildman–Crippen MR) is 129 cm³/mol. The normalized spacial score (nSPS) is 11.8. The Morgan fingerprint density at radius 1 is 1.11 bits per heavy atom. The van der Waals surface area contributed by atoms with Crippen LogP contribution in [0.15, 0.2) is 58.4 Å². The summed E-state index contributed by atoms with van der Waals surface area (Å²) in [6.07, 6.45) is 3.12. The summed E-state index contributed by atoms with van der Waals surface area (Å²) >= 11 is 0. The molecule has 0 fully saturated rings. The number of benzene rings is 1. The first-order chi connectivity index (χ1) is 16.8. The third-order valence-corrected chi connectivity index (χ3v) is 5.63. The van der Waals surface area contributed by atoms with Gasteiger partial charge >= 0.3 is 5.97 Å². The molecule has 3 aromatic heterocycles. The number of pyridine rings is 2. The van der Waals surface area contributed by atoms with Gasteiger partial charge in [0.15, 0.2) is 5.49 Å². The monoisotopic (exact) mass is 476 g/mol. The number of aryl methyl sites for hydroxylation is 2. The molecule has 0 spiro atoms. The molecule has 4 rings (SSSR count). The Kier molecular flexibility index (Phi) is 6.86. The molecule has 9 heteroatoms. The third-order valence-electron chi connectivity index (χ3n) is 5.63. The molecule has 8 nitrogen and oxygen atoms in total. The van der Waals surface area contributed by atoms with Crippen molar-refractivity contribution in [2.75, 3.05) is 6.61 Å². The lowest BCUT2D eigenvalue weighted by Gasteiger charge is -2.15. The van der Waals surface area contributed by atoms with Gasteiger partial charge in [-0.2, -0.15) is 4.99 Å². The number of halogens is 1. The lowest BCUT2D eigenvalue weighted by molar-refractivity contribution is 0.0523. The molecule has 0 N–H and O–H groups in total. The zero-order valence-corrected chi connectivity index (χ0v) is 19.7. The molecule has 0 aliphatic rings. The minimum atomic E-state index is -0.709. The van der Waals surface area contributed by atoms with Crippen LogP contribution in [0.2, 0.25) is 0 Å². The fourth-order valence-electron chi connectivity index (χ4n) is 3.85. The van der Waals surface area contributed by atoms with E-state index in [9.17, 15) is 18.8 Å². The number of carbonyl (C=O) groups is 2. The van der Waals surface area contributed by atoms with Crippen LogP contribution in [0.25, 0.3) is 16.7 Å². The zero-order valence-electron chi connectivity index (χ0n) is 19.7. The first-order valence-corrected chi connectivity index (χ1v) is 11.4. The van der Waals surface area contributed by atoms with Crippen molar-refractivity contribution in [2.24, 2.45) is 4.99 Å². The van der Waals surface area contributed by atoms with E-state index in [1.165, 1.54) is 22.6 Å². The number of unbranched alkanes of at least 4 members (excludes halogenated alkanes) is 1. The van der Waals surface area contributed by atoms with Gasteiger partial charge in [-0.1, -0.05) is 19.4 Å². The van der Waals surface area contributed by atoms with Crippen molar-refractivity contribution in [2.45, 2.75) is 40.2 Å². The van der Waals surface area contributed by atoms with Crippen LogP contribution in [0.1, 0.15) is 53.0 Å². The number of carbonyl (C=O) groups excluding carboxylic acids is 2. The average molecular weight is 477 g/mol. The van der Waals surface area contributed by atoms with Crippen LogP contribution in [0, 0.1) is 12.7 Å². The number of rotatable bonds is 6. The van der Waals surface area contributed by atoms with Gasteiger partial charge in [-0.05, 0) is 62.2 Å². The van der Waals surface area contributed by atoms with Crippen LogP contribution in [0.5, 0.6) is 0 Å². The number of nitrogens with zero attached hydrogens (tertiary/aromatic N) is 4. The highest BCUT2D eigenvalue weighted by Crippen LogP contribution is 2.15. The van der Waals surface area contributed by atoms with E-state index in [1.54, 1.807) is 23.8 Å². The summed E-state index contributed by atoms with van der Waals surface area (Å²) in [6.45, 7) is 5.98. The standard InChI is InChI=1S/C26H25FN4O4/c1-4-6-13-30-22-19(25(33)31-14-7-8-16(3)21(31)28-22)15-20(26(34)35-5-2)23(30)29-24(32)17-9-11-18(27)12-10-17/h7-12,14-15H,4-6,13H2,1-3H3. The minimum absolute atomic E-state index is 0.0163. The number of hydrogen-bond donors (Lipinski definition) is 0. The molecule has 0 atom stereocenters. The Bertz CT molecular complexity index is 1570. The van der Waals surface area contributed by atoms with Crippen molar-refractivity contribution in [3.8, 4) is 0 Å². The molecule has 0 bridgehead atoms. The molecule has 35 heavy (non-hydrogen) atoms. The maximum atomic E-state index is 13.4. The molecule has 1 amide bonds. The van der Waals surface area contributed by atoms with Crippen LogP contribution < -0.4 is 11.0 Å². The summed E-state index contributed by atoms with van der Waals surface area (Å²) in [6, 6.07) is 9.96. The quantitative estimate of drug-likeness (QED) is 0.312. The van der Waals surface area contributed by atoms with Gasteiger partial charge < -0.3 is 9.30 Å². The van der Waals surface area contributed by atoms with Crippen LogP contribution in [-0.4, -0.2) is 32.4 Å². The molecule has 0 radical (unpaired) electrons. The molecular formula is C26H25FN4O4. The second-order valence-corrected chi connectivity index (χ2v) is 8.07. The molecule has 0 unspecified atom stereocenters. The van der Waals surface area contributed by atoms with Gasteiger partial charge in [0.25, 0.3) is 11.5 Å². The Morgan fingerprint density at radius 3 is 2.54 bits per heavy atom. The van der Waals surface area contributed by atoms with Crippen molar-refractivity contribution in [1.29, 1.82) is 0 Å². The first-order valence-electron chi connectivity index (χ1n) is 11.4. The van der Waals surface area contributed by atoms with Crippen LogP contribution in [-0.2, 0) is 11.3 Å². The molecular weight excluding hydrogens is 451 g/mol. The molecule has 0 saturated heterocycles. The van der Waals surface area contributed by atoms with Crippen LogP contribution in [0.4, 0.5) is 4.39 Å². The molecule has 3 heterocycles. The third kappa shape index (κ3) is 4.62. The number of hydrogen-bond acceptors (Lipinski definition) is 5. The zero-order chi connectivity index (χ0) is 25.1. The highest BCUT2D eigenvalue weighted by Gasteiger charge is 2.20. The Labute approximate surface area is 200 Å². The van der Waals surface area contributed by atoms with E-state index >= 15 is 0 Å². The van der Waals surface area contributed by atoms with Crippen molar-refractivity contribution in [3.05, 3.63) is 87.0 Å². The van der Waals surface area contributed by atoms with E-state index in [1.807, 2.05) is 19.9 Å². The molecule has 180 valence electrons. The van der Waals surface area contributed by atoms with Crippen LogP contribution >= 0.6 is 0 Å². The summed E-state index contributed by atoms with van der Waals surface area (Å²) in [5.41, 5.74) is 1.42. The maximum Gasteiger partial charge on any atom is 0.341 e. The number of aromatic nitrogens is 3. The topological polar surface area (TPSA) is 95.0 Å². The van der Waals surface area contributed by atoms with E-state index in [2.05, 4.69) is 4.99 Å². The summed E-state index contributed by atoms with van der Waals surface area (Å²) in [7, 11) is 0. The van der Waals surface area contributed by atoms with E-state index in [0.29, 0.717) is 24.3 Å². The number of esters is 1. The lowest BCUT2D eigenvalue weighted by atomic mass is 10.1. The Balaban J connectivity index is 2.13. The van der Waals surface area contributed by atoms with Gasteiger partial charge in [-0.25, -0.2) is 14.2 Å². The van der Waals surface area contributed by atoms with Gasteiger partial charge in [0.2, 0.25) is 0 Å². The summed E-state index contributed by atoms with van der Waals surface area (Å²) in [4.78, 5) is 48.4.